The zero-order chi connectivity index (χ0) is 30.2. The van der Waals surface area contributed by atoms with Crippen molar-refractivity contribution in [1.29, 1.82) is 0 Å². The first kappa shape index (κ1) is 32.9. The summed E-state index contributed by atoms with van der Waals surface area (Å²) >= 11 is 0. The zero-order valence-electron chi connectivity index (χ0n) is 26.2. The van der Waals surface area contributed by atoms with Gasteiger partial charge in [0, 0.05) is 58.0 Å². The highest BCUT2D eigenvalue weighted by molar-refractivity contribution is 5.79. The van der Waals surface area contributed by atoms with E-state index in [9.17, 15) is 19.5 Å². The molecule has 0 bridgehead atoms. The van der Waals surface area contributed by atoms with Crippen LogP contribution in [0.15, 0.2) is 18.2 Å². The lowest BCUT2D eigenvalue weighted by Crippen LogP contribution is -2.46. The Morgan fingerprint density at radius 1 is 1.05 bits per heavy atom. The summed E-state index contributed by atoms with van der Waals surface area (Å²) in [6, 6.07) is 5.70. The maximum Gasteiger partial charge on any atom is 0.308 e. The van der Waals surface area contributed by atoms with Crippen molar-refractivity contribution in [3.8, 4) is 5.75 Å². The highest BCUT2D eigenvalue weighted by Gasteiger charge is 2.47. The Balaban J connectivity index is 1.83. The van der Waals surface area contributed by atoms with Crippen LogP contribution in [0, 0.1) is 5.92 Å². The van der Waals surface area contributed by atoms with Gasteiger partial charge in [0.1, 0.15) is 5.75 Å². The number of hydrogen-bond donors (Lipinski definition) is 1. The Bertz CT molecular complexity index is 1040. The lowest BCUT2D eigenvalue weighted by molar-refractivity contribution is -0.870. The quantitative estimate of drug-likeness (QED) is 0.241. The van der Waals surface area contributed by atoms with Crippen LogP contribution in [0.4, 0.5) is 0 Å². The molecule has 2 aliphatic rings. The van der Waals surface area contributed by atoms with E-state index >= 15 is 0 Å². The summed E-state index contributed by atoms with van der Waals surface area (Å²) in [4.78, 5) is 44.6. The number of fused-ring (bicyclic) bond motifs is 1. The number of likely N-dealkylation sites (tertiary alicyclic amines) is 1. The smallest absolute Gasteiger partial charge is 0.308 e. The largest absolute Gasteiger partial charge is 0.493 e. The van der Waals surface area contributed by atoms with Gasteiger partial charge in [-0.2, -0.15) is 0 Å². The Labute approximate surface area is 247 Å². The second-order valence-corrected chi connectivity index (χ2v) is 12.8. The number of amides is 2. The number of hydrogen-bond acceptors (Lipinski definition) is 5. The molecule has 230 valence electrons. The molecule has 3 atom stereocenters. The van der Waals surface area contributed by atoms with Gasteiger partial charge in [-0.15, -0.1) is 0 Å². The molecule has 1 fully saturated rings. The number of quaternary nitrogens is 1. The van der Waals surface area contributed by atoms with Crippen LogP contribution < -0.4 is 4.74 Å². The molecular formula is C32H53N4O5+. The van der Waals surface area contributed by atoms with Crippen molar-refractivity contribution in [3.63, 3.8) is 0 Å². The fraction of sp³-hybridized carbons (Fsp3) is 0.719. The molecule has 3 rings (SSSR count). The number of aliphatic carboxylic acids is 1. The van der Waals surface area contributed by atoms with Gasteiger partial charge in [0.05, 0.1) is 46.8 Å². The maximum absolute atomic E-state index is 13.8. The number of unbranched alkanes of at least 4 members (excludes halogenated alkanes) is 2. The third-order valence-electron chi connectivity index (χ3n) is 8.68. The first-order valence-electron chi connectivity index (χ1n) is 15.5. The highest BCUT2D eigenvalue weighted by Crippen LogP contribution is 2.41. The molecule has 2 aliphatic heterocycles. The number of nitrogens with zero attached hydrogens (tertiary/aromatic N) is 4. The summed E-state index contributed by atoms with van der Waals surface area (Å²) < 4.78 is 6.59. The van der Waals surface area contributed by atoms with Gasteiger partial charge < -0.3 is 24.1 Å². The van der Waals surface area contributed by atoms with Crippen LogP contribution in [-0.2, 0) is 20.8 Å². The summed E-state index contributed by atoms with van der Waals surface area (Å²) in [5, 5.41) is 10.5. The van der Waals surface area contributed by atoms with Gasteiger partial charge in [0.2, 0.25) is 11.8 Å². The van der Waals surface area contributed by atoms with Gasteiger partial charge in [-0.1, -0.05) is 25.5 Å². The molecular weight excluding hydrogens is 520 g/mol. The Morgan fingerprint density at radius 2 is 1.78 bits per heavy atom. The van der Waals surface area contributed by atoms with E-state index in [-0.39, 0.29) is 30.3 Å². The van der Waals surface area contributed by atoms with Crippen molar-refractivity contribution in [3.05, 3.63) is 29.3 Å². The molecule has 9 nitrogen and oxygen atoms in total. The number of carboxylic acid groups (broad SMARTS) is 1. The van der Waals surface area contributed by atoms with Gasteiger partial charge >= 0.3 is 5.97 Å². The standard InChI is InChI=1S/C32H52N4O5/c1-7-9-16-34(17-10-11-19-36(4,5)6)30(38)23-35-22-27(25-12-13-29-26(21-25)15-20-41-29)31(32(39)40)28(35)14-18-33(8-2)24(3)37/h12-13,21,27-28,31H,7-11,14-20,22-23H2,1-6H3/p+1. The van der Waals surface area contributed by atoms with Crippen molar-refractivity contribution in [2.75, 3.05) is 73.6 Å². The number of carboxylic acids is 1. The van der Waals surface area contributed by atoms with E-state index in [1.807, 2.05) is 24.0 Å². The number of carbonyl (C=O) groups is 3. The normalized spacial score (nSPS) is 20.5. The minimum Gasteiger partial charge on any atom is -0.493 e. The van der Waals surface area contributed by atoms with Crippen molar-refractivity contribution >= 4 is 17.8 Å². The van der Waals surface area contributed by atoms with Gasteiger partial charge in [0.25, 0.3) is 0 Å². The van der Waals surface area contributed by atoms with Gasteiger partial charge in [-0.25, -0.2) is 0 Å². The summed E-state index contributed by atoms with van der Waals surface area (Å²) in [6.07, 6.45) is 5.31. The van der Waals surface area contributed by atoms with Crippen LogP contribution in [0.2, 0.25) is 0 Å². The van der Waals surface area contributed by atoms with Crippen molar-refractivity contribution in [1.82, 2.24) is 14.7 Å². The van der Waals surface area contributed by atoms with Crippen molar-refractivity contribution in [2.24, 2.45) is 5.92 Å². The molecule has 0 aliphatic carbocycles. The second-order valence-electron chi connectivity index (χ2n) is 12.8. The predicted octanol–water partition coefficient (Wildman–Crippen LogP) is 3.46. The van der Waals surface area contributed by atoms with Crippen LogP contribution >= 0.6 is 0 Å². The molecule has 1 aromatic carbocycles. The van der Waals surface area contributed by atoms with E-state index in [2.05, 4.69) is 39.0 Å². The lowest BCUT2D eigenvalue weighted by atomic mass is 9.83. The number of ether oxygens (including phenoxy) is 1. The van der Waals surface area contributed by atoms with E-state index in [0.717, 1.165) is 73.1 Å². The molecule has 0 saturated carbocycles. The zero-order valence-corrected chi connectivity index (χ0v) is 26.2. The first-order chi connectivity index (χ1) is 19.4. The summed E-state index contributed by atoms with van der Waals surface area (Å²) in [5.74, 6) is -0.825. The minimum atomic E-state index is -0.847. The highest BCUT2D eigenvalue weighted by atomic mass is 16.5. The molecule has 3 unspecified atom stereocenters. The molecule has 0 radical (unpaired) electrons. The number of benzene rings is 1. The van der Waals surface area contributed by atoms with Crippen molar-refractivity contribution < 1.29 is 28.7 Å². The van der Waals surface area contributed by atoms with E-state index < -0.39 is 11.9 Å². The first-order valence-corrected chi connectivity index (χ1v) is 15.5. The summed E-state index contributed by atoms with van der Waals surface area (Å²) in [5.41, 5.74) is 2.11. The summed E-state index contributed by atoms with van der Waals surface area (Å²) in [6.45, 7) is 10.5. The molecule has 1 saturated heterocycles. The molecule has 1 aromatic rings. The van der Waals surface area contributed by atoms with Gasteiger partial charge in [-0.05, 0) is 49.8 Å². The molecule has 2 heterocycles. The molecule has 9 heteroatoms. The van der Waals surface area contributed by atoms with Crippen LogP contribution in [0.5, 0.6) is 5.75 Å². The average Bonchev–Trinajstić information content (AvgIpc) is 3.52. The Morgan fingerprint density at radius 3 is 2.41 bits per heavy atom. The van der Waals surface area contributed by atoms with Crippen molar-refractivity contribution in [2.45, 2.75) is 71.3 Å². The van der Waals surface area contributed by atoms with Gasteiger partial charge in [0.15, 0.2) is 0 Å². The van der Waals surface area contributed by atoms with E-state index in [1.165, 1.54) is 0 Å². The molecule has 0 spiro atoms. The van der Waals surface area contributed by atoms with Crippen LogP contribution in [0.1, 0.15) is 69.9 Å². The summed E-state index contributed by atoms with van der Waals surface area (Å²) in [7, 11) is 6.55. The Hall–Kier alpha value is -2.65. The Kier molecular flexibility index (Phi) is 12.0. The predicted molar refractivity (Wildman–Crippen MR) is 161 cm³/mol. The second kappa shape index (κ2) is 15.0. The van der Waals surface area contributed by atoms with Crippen LogP contribution in [-0.4, -0.2) is 122 Å². The topological polar surface area (TPSA) is 90.4 Å². The van der Waals surface area contributed by atoms with Crippen LogP contribution in [0.3, 0.4) is 0 Å². The fourth-order valence-electron chi connectivity index (χ4n) is 6.33. The molecule has 0 aromatic heterocycles. The molecule has 2 amide bonds. The monoisotopic (exact) mass is 573 g/mol. The van der Waals surface area contributed by atoms with Crippen LogP contribution in [0.25, 0.3) is 0 Å². The minimum absolute atomic E-state index is 0.0187. The SMILES string of the molecule is CCCCN(CCCC[N+](C)(C)C)C(=O)CN1CC(c2ccc3c(c2)CCO3)C(C(=O)O)C1CCN(CC)C(C)=O. The van der Waals surface area contributed by atoms with E-state index in [4.69, 9.17) is 4.74 Å². The van der Waals surface area contributed by atoms with E-state index in [1.54, 1.807) is 11.8 Å². The molecule has 41 heavy (non-hydrogen) atoms. The number of rotatable bonds is 16. The van der Waals surface area contributed by atoms with Gasteiger partial charge in [-0.3, -0.25) is 19.3 Å². The fourth-order valence-corrected chi connectivity index (χ4v) is 6.33. The average molecular weight is 574 g/mol. The maximum atomic E-state index is 13.8. The third kappa shape index (κ3) is 9.17. The third-order valence-corrected chi connectivity index (χ3v) is 8.68. The van der Waals surface area contributed by atoms with E-state index in [0.29, 0.717) is 32.7 Å². The molecule has 1 N–H and O–H groups in total. The number of carbonyl (C=O) groups excluding carboxylic acids is 2. The lowest BCUT2D eigenvalue weighted by Gasteiger charge is -2.31.